The first-order valence-corrected chi connectivity index (χ1v) is 8.34. The Balaban J connectivity index is 1.82. The van der Waals surface area contributed by atoms with Crippen LogP contribution in [0.15, 0.2) is 39.9 Å². The van der Waals surface area contributed by atoms with Crippen molar-refractivity contribution in [3.8, 4) is 0 Å². The highest BCUT2D eigenvalue weighted by molar-refractivity contribution is 6.69. The van der Waals surface area contributed by atoms with Crippen LogP contribution >= 0.6 is 11.6 Å². The fourth-order valence-corrected chi connectivity index (χ4v) is 3.03. The number of nitrogens with zero attached hydrogens (tertiary/aromatic N) is 3. The van der Waals surface area contributed by atoms with Crippen LogP contribution in [0.2, 0.25) is 0 Å². The van der Waals surface area contributed by atoms with Crippen molar-refractivity contribution < 1.29 is 18.0 Å². The van der Waals surface area contributed by atoms with Crippen LogP contribution in [0.4, 0.5) is 13.2 Å². The van der Waals surface area contributed by atoms with E-state index in [0.717, 1.165) is 6.07 Å². The van der Waals surface area contributed by atoms with Crippen molar-refractivity contribution in [2.75, 3.05) is 6.54 Å². The molecule has 2 atom stereocenters. The van der Waals surface area contributed by atoms with Gasteiger partial charge in [0.15, 0.2) is 11.0 Å². The number of fused-ring (bicyclic) bond motifs is 1. The van der Waals surface area contributed by atoms with Gasteiger partial charge in [-0.1, -0.05) is 29.8 Å². The average molecular weight is 385 g/mol. The van der Waals surface area contributed by atoms with Gasteiger partial charge in [-0.2, -0.15) is 5.10 Å². The molecule has 138 valence electrons. The number of carbonyl (C=O) groups is 1. The lowest BCUT2D eigenvalue weighted by Crippen LogP contribution is -2.39. The van der Waals surface area contributed by atoms with Crippen LogP contribution in [-0.4, -0.2) is 34.5 Å². The molecule has 0 bridgehead atoms. The van der Waals surface area contributed by atoms with Gasteiger partial charge in [0.1, 0.15) is 5.82 Å². The zero-order valence-electron chi connectivity index (χ0n) is 14.0. The molecule has 0 spiro atoms. The van der Waals surface area contributed by atoms with Gasteiger partial charge in [-0.05, 0) is 19.9 Å². The van der Waals surface area contributed by atoms with Crippen LogP contribution in [0, 0.1) is 5.82 Å². The van der Waals surface area contributed by atoms with Crippen LogP contribution in [0.25, 0.3) is 0 Å². The molecule has 3 rings (SSSR count). The van der Waals surface area contributed by atoms with E-state index in [1.54, 1.807) is 5.01 Å². The highest BCUT2D eigenvalue weighted by atomic mass is 35.5. The van der Waals surface area contributed by atoms with Crippen molar-refractivity contribution in [1.82, 2.24) is 10.3 Å². The number of aliphatic imine (C=N–C) groups is 1. The first kappa shape index (κ1) is 18.4. The van der Waals surface area contributed by atoms with Crippen LogP contribution in [0.3, 0.4) is 0 Å². The van der Waals surface area contributed by atoms with Gasteiger partial charge < -0.3 is 5.32 Å². The van der Waals surface area contributed by atoms with Gasteiger partial charge in [-0.15, -0.1) is 0 Å². The molecule has 0 saturated carbocycles. The van der Waals surface area contributed by atoms with Crippen molar-refractivity contribution >= 4 is 28.5 Å². The molecule has 1 aromatic carbocycles. The van der Waals surface area contributed by atoms with Gasteiger partial charge in [0.25, 0.3) is 12.3 Å². The molecule has 1 amide bonds. The van der Waals surface area contributed by atoms with Crippen molar-refractivity contribution in [1.29, 1.82) is 0 Å². The Bertz CT molecular complexity index is 837. The number of nitrogens with one attached hydrogen (secondary N) is 1. The van der Waals surface area contributed by atoms with E-state index in [1.165, 1.54) is 25.1 Å². The third-order valence-corrected chi connectivity index (χ3v) is 4.38. The number of amidine groups is 1. The van der Waals surface area contributed by atoms with E-state index in [2.05, 4.69) is 15.4 Å². The summed E-state index contributed by atoms with van der Waals surface area (Å²) in [5.74, 6) is -1.18. The molecule has 2 aliphatic heterocycles. The molecule has 0 saturated heterocycles. The summed E-state index contributed by atoms with van der Waals surface area (Å²) in [6, 6.07) is 2.85. The molecule has 26 heavy (non-hydrogen) atoms. The highest BCUT2D eigenvalue weighted by Gasteiger charge is 2.33. The molecule has 9 heteroatoms. The zero-order chi connectivity index (χ0) is 19.0. The van der Waals surface area contributed by atoms with E-state index in [0.29, 0.717) is 12.4 Å². The van der Waals surface area contributed by atoms with Gasteiger partial charge in [-0.3, -0.25) is 9.79 Å². The summed E-state index contributed by atoms with van der Waals surface area (Å²) in [5, 5.41) is 8.41. The topological polar surface area (TPSA) is 57.1 Å². The number of amides is 1. The third kappa shape index (κ3) is 3.33. The highest BCUT2D eigenvalue weighted by Crippen LogP contribution is 2.28. The lowest BCUT2D eigenvalue weighted by molar-refractivity contribution is -0.117. The second-order valence-electron chi connectivity index (χ2n) is 6.08. The maximum Gasteiger partial charge on any atom is 0.266 e. The molecule has 0 aliphatic carbocycles. The minimum absolute atomic E-state index is 0.0223. The summed E-state index contributed by atoms with van der Waals surface area (Å²) in [4.78, 5) is 16.9. The number of carbonyl (C=O) groups excluding carboxylic acids is 1. The van der Waals surface area contributed by atoms with Gasteiger partial charge >= 0.3 is 0 Å². The predicted octanol–water partition coefficient (Wildman–Crippen LogP) is 3.54. The molecule has 0 fully saturated rings. The maximum atomic E-state index is 14.3. The molecular formula is C17H16ClF3N4O. The van der Waals surface area contributed by atoms with Crippen molar-refractivity contribution in [3.05, 3.63) is 46.8 Å². The van der Waals surface area contributed by atoms with Gasteiger partial charge in [0.05, 0.1) is 29.8 Å². The summed E-state index contributed by atoms with van der Waals surface area (Å²) in [7, 11) is 0. The van der Waals surface area contributed by atoms with Crippen LogP contribution < -0.4 is 5.32 Å². The fourth-order valence-electron chi connectivity index (χ4n) is 2.84. The Labute approximate surface area is 153 Å². The molecule has 1 aromatic rings. The molecule has 5 nitrogen and oxygen atoms in total. The third-order valence-electron chi connectivity index (χ3n) is 4.20. The summed E-state index contributed by atoms with van der Waals surface area (Å²) in [6.45, 7) is 3.87. The number of allylic oxidation sites excluding steroid dienone is 1. The van der Waals surface area contributed by atoms with E-state index < -0.39 is 29.8 Å². The summed E-state index contributed by atoms with van der Waals surface area (Å²) in [6.07, 6.45) is -1.56. The van der Waals surface area contributed by atoms with E-state index >= 15 is 0 Å². The minimum Gasteiger partial charge on any atom is -0.345 e. The fraction of sp³-hybridized carbons (Fsp3) is 0.353. The Morgan fingerprint density at radius 1 is 1.38 bits per heavy atom. The number of rotatable bonds is 4. The lowest BCUT2D eigenvalue weighted by atomic mass is 10.0. The zero-order valence-corrected chi connectivity index (χ0v) is 14.8. The Hall–Kier alpha value is -2.35. The molecule has 0 unspecified atom stereocenters. The summed E-state index contributed by atoms with van der Waals surface area (Å²) < 4.78 is 40.0. The standard InChI is InChI=1S/C17H16ClF3N4O/c1-8-7-22-16-12(6-13(18)24-25(8)16)17(26)23-9(2)10-4-3-5-11(14(10)19)15(20)21/h3-6,8-9,15H,7H2,1-2H3,(H,23,26)/t8-,9+/m0/s1. The van der Waals surface area contributed by atoms with Gasteiger partial charge in [-0.25, -0.2) is 18.2 Å². The van der Waals surface area contributed by atoms with E-state index in [4.69, 9.17) is 11.6 Å². The first-order valence-electron chi connectivity index (χ1n) is 7.96. The lowest BCUT2D eigenvalue weighted by Gasteiger charge is -2.25. The molecular weight excluding hydrogens is 369 g/mol. The second kappa shape index (κ2) is 7.11. The maximum absolute atomic E-state index is 14.3. The molecule has 1 N–H and O–H groups in total. The Morgan fingerprint density at radius 2 is 2.08 bits per heavy atom. The number of hydrazone groups is 1. The van der Waals surface area contributed by atoms with Crippen LogP contribution in [0.1, 0.15) is 37.4 Å². The number of alkyl halides is 2. The first-order chi connectivity index (χ1) is 12.3. The monoisotopic (exact) mass is 384 g/mol. The van der Waals surface area contributed by atoms with Crippen LogP contribution in [0.5, 0.6) is 0 Å². The van der Waals surface area contributed by atoms with E-state index in [9.17, 15) is 18.0 Å². The smallest absolute Gasteiger partial charge is 0.266 e. The van der Waals surface area contributed by atoms with Crippen molar-refractivity contribution in [2.24, 2.45) is 10.1 Å². The average Bonchev–Trinajstić information content (AvgIpc) is 2.95. The minimum atomic E-state index is -2.93. The number of halogens is 4. The Kier molecular flexibility index (Phi) is 5.04. The van der Waals surface area contributed by atoms with Gasteiger partial charge in [0, 0.05) is 5.56 Å². The summed E-state index contributed by atoms with van der Waals surface area (Å²) >= 11 is 5.98. The largest absolute Gasteiger partial charge is 0.345 e. The summed E-state index contributed by atoms with van der Waals surface area (Å²) in [5.41, 5.74) is -0.520. The van der Waals surface area contributed by atoms with Crippen LogP contribution in [-0.2, 0) is 4.79 Å². The molecule has 0 aromatic heterocycles. The van der Waals surface area contributed by atoms with E-state index in [-0.39, 0.29) is 22.3 Å². The SMILES string of the molecule is C[C@@H](NC(=O)C1=CC(Cl)=NN2C1=NC[C@@H]2C)c1cccc(C(F)F)c1F. The predicted molar refractivity (Wildman–Crippen MR) is 92.9 cm³/mol. The molecule has 2 aliphatic rings. The van der Waals surface area contributed by atoms with Crippen molar-refractivity contribution in [3.63, 3.8) is 0 Å². The number of hydrogen-bond acceptors (Lipinski definition) is 4. The Morgan fingerprint density at radius 3 is 2.77 bits per heavy atom. The number of hydrogen-bond donors (Lipinski definition) is 1. The molecule has 0 radical (unpaired) electrons. The normalized spacial score (nSPS) is 20.3. The second-order valence-corrected chi connectivity index (χ2v) is 6.47. The van der Waals surface area contributed by atoms with E-state index in [1.807, 2.05) is 6.92 Å². The number of benzene rings is 1. The quantitative estimate of drug-likeness (QED) is 0.863. The van der Waals surface area contributed by atoms with Gasteiger partial charge in [0.2, 0.25) is 0 Å². The van der Waals surface area contributed by atoms with Crippen molar-refractivity contribution in [2.45, 2.75) is 32.4 Å². The molecule has 2 heterocycles.